The minimum atomic E-state index is -3.71. The smallest absolute Gasteiger partial charge is 0.248 e. The average molecular weight is 480 g/mol. The number of ether oxygens (including phenoxy) is 2. The molecule has 1 N–H and O–H groups in total. The molecule has 0 spiro atoms. The first-order valence-electron chi connectivity index (χ1n) is 11.8. The van der Waals surface area contributed by atoms with Gasteiger partial charge in [-0.25, -0.2) is 8.42 Å². The van der Waals surface area contributed by atoms with E-state index in [9.17, 15) is 8.42 Å². The second-order valence-electron chi connectivity index (χ2n) is 8.96. The van der Waals surface area contributed by atoms with Crippen molar-refractivity contribution >= 4 is 10.0 Å². The lowest BCUT2D eigenvalue weighted by Gasteiger charge is -2.33. The summed E-state index contributed by atoms with van der Waals surface area (Å²) in [6, 6.07) is 21.4. The van der Waals surface area contributed by atoms with Crippen molar-refractivity contribution in [1.29, 1.82) is 0 Å². The number of nitrogens with zero attached hydrogens (tertiary/aromatic N) is 1. The van der Waals surface area contributed by atoms with Crippen LogP contribution in [0.4, 0.5) is 0 Å². The van der Waals surface area contributed by atoms with Gasteiger partial charge in [-0.1, -0.05) is 42.0 Å². The van der Waals surface area contributed by atoms with Gasteiger partial charge in [0.1, 0.15) is 6.04 Å². The third-order valence-electron chi connectivity index (χ3n) is 6.99. The molecule has 6 nitrogen and oxygen atoms in total. The van der Waals surface area contributed by atoms with E-state index in [0.717, 1.165) is 24.1 Å². The van der Waals surface area contributed by atoms with Crippen molar-refractivity contribution in [3.8, 4) is 11.5 Å². The molecule has 5 rings (SSSR count). The molecule has 3 aromatic rings. The van der Waals surface area contributed by atoms with E-state index in [1.807, 2.05) is 44.2 Å². The Bertz CT molecular complexity index is 1290. The van der Waals surface area contributed by atoms with E-state index >= 15 is 0 Å². The SMILES string of the molecule is CCOc1cc([C@@H]2N(S(=O)(=O)c3ccc(C)cc3)C[C@H]3c4ccccc4CC[NH+]23)ccc1OC. The van der Waals surface area contributed by atoms with E-state index in [4.69, 9.17) is 9.47 Å². The summed E-state index contributed by atoms with van der Waals surface area (Å²) in [6.45, 7) is 5.69. The van der Waals surface area contributed by atoms with Gasteiger partial charge in [-0.05, 0) is 49.7 Å². The Hall–Kier alpha value is -2.87. The van der Waals surface area contributed by atoms with E-state index in [0.29, 0.717) is 29.5 Å². The molecule has 3 atom stereocenters. The van der Waals surface area contributed by atoms with Crippen LogP contribution in [0.5, 0.6) is 11.5 Å². The number of benzene rings is 3. The monoisotopic (exact) mass is 479 g/mol. The lowest BCUT2D eigenvalue weighted by Crippen LogP contribution is -3.12. The zero-order valence-corrected chi connectivity index (χ0v) is 20.6. The average Bonchev–Trinajstić information content (AvgIpc) is 3.25. The van der Waals surface area contributed by atoms with Gasteiger partial charge in [-0.2, -0.15) is 0 Å². The molecule has 178 valence electrons. The first-order chi connectivity index (χ1) is 16.4. The van der Waals surface area contributed by atoms with Crippen LogP contribution in [0, 0.1) is 6.92 Å². The maximum Gasteiger partial charge on any atom is 0.248 e. The summed E-state index contributed by atoms with van der Waals surface area (Å²) in [5.74, 6) is 1.28. The van der Waals surface area contributed by atoms with Crippen molar-refractivity contribution in [2.75, 3.05) is 26.8 Å². The van der Waals surface area contributed by atoms with E-state index in [1.54, 1.807) is 23.5 Å². The summed E-state index contributed by atoms with van der Waals surface area (Å²) < 4.78 is 41.0. The zero-order valence-electron chi connectivity index (χ0n) is 19.8. The minimum absolute atomic E-state index is 0.0767. The van der Waals surface area contributed by atoms with Gasteiger partial charge in [0.05, 0.1) is 31.7 Å². The van der Waals surface area contributed by atoms with Gasteiger partial charge in [0.25, 0.3) is 0 Å². The molecule has 0 saturated carbocycles. The van der Waals surface area contributed by atoms with Crippen LogP contribution >= 0.6 is 0 Å². The summed E-state index contributed by atoms with van der Waals surface area (Å²) in [6.07, 6.45) is 0.570. The third kappa shape index (κ3) is 3.87. The Morgan fingerprint density at radius 3 is 2.53 bits per heavy atom. The number of nitrogens with one attached hydrogen (secondary N) is 1. The van der Waals surface area contributed by atoms with Crippen molar-refractivity contribution in [3.05, 3.63) is 89.0 Å². The van der Waals surface area contributed by atoms with Gasteiger partial charge in [-0.3, -0.25) is 0 Å². The number of hydrogen-bond donors (Lipinski definition) is 1. The van der Waals surface area contributed by atoms with Crippen LogP contribution in [0.15, 0.2) is 71.6 Å². The molecule has 1 unspecified atom stereocenters. The second-order valence-corrected chi connectivity index (χ2v) is 10.9. The van der Waals surface area contributed by atoms with Gasteiger partial charge >= 0.3 is 0 Å². The summed E-state index contributed by atoms with van der Waals surface area (Å²) >= 11 is 0. The first-order valence-corrected chi connectivity index (χ1v) is 13.2. The first kappa shape index (κ1) is 22.9. The van der Waals surface area contributed by atoms with Crippen molar-refractivity contribution in [1.82, 2.24) is 4.31 Å². The molecule has 1 saturated heterocycles. The maximum atomic E-state index is 14.0. The molecule has 3 aromatic carbocycles. The van der Waals surface area contributed by atoms with Crippen LogP contribution in [0.1, 0.15) is 41.4 Å². The normalized spacial score (nSPS) is 22.1. The molecule has 2 aliphatic heterocycles. The number of hydrogen-bond acceptors (Lipinski definition) is 4. The van der Waals surface area contributed by atoms with Crippen molar-refractivity contribution in [2.45, 2.75) is 37.4 Å². The molecular weight excluding hydrogens is 448 g/mol. The summed E-state index contributed by atoms with van der Waals surface area (Å²) in [5.41, 5.74) is 4.51. The van der Waals surface area contributed by atoms with Crippen LogP contribution < -0.4 is 14.4 Å². The van der Waals surface area contributed by atoms with Crippen molar-refractivity contribution < 1.29 is 22.8 Å². The minimum Gasteiger partial charge on any atom is -0.493 e. The predicted octanol–water partition coefficient (Wildman–Crippen LogP) is 3.29. The molecule has 0 amide bonds. The highest BCUT2D eigenvalue weighted by molar-refractivity contribution is 7.89. The van der Waals surface area contributed by atoms with E-state index in [1.165, 1.54) is 16.0 Å². The number of methoxy groups -OCH3 is 1. The topological polar surface area (TPSA) is 60.3 Å². The number of fused-ring (bicyclic) bond motifs is 3. The Morgan fingerprint density at radius 1 is 1.03 bits per heavy atom. The molecule has 7 heteroatoms. The fraction of sp³-hybridized carbons (Fsp3) is 0.333. The molecule has 1 fully saturated rings. The Morgan fingerprint density at radius 2 is 1.79 bits per heavy atom. The van der Waals surface area contributed by atoms with Gasteiger partial charge in [0.15, 0.2) is 17.7 Å². The molecule has 34 heavy (non-hydrogen) atoms. The highest BCUT2D eigenvalue weighted by Crippen LogP contribution is 2.38. The van der Waals surface area contributed by atoms with Crippen LogP contribution in [0.25, 0.3) is 0 Å². The maximum absolute atomic E-state index is 14.0. The molecule has 2 aliphatic rings. The highest BCUT2D eigenvalue weighted by Gasteiger charge is 2.52. The highest BCUT2D eigenvalue weighted by atomic mass is 32.2. The predicted molar refractivity (Wildman–Crippen MR) is 131 cm³/mol. The number of sulfonamides is 1. The van der Waals surface area contributed by atoms with Crippen molar-refractivity contribution in [2.24, 2.45) is 0 Å². The van der Waals surface area contributed by atoms with Crippen LogP contribution in [-0.4, -0.2) is 39.5 Å². The Labute approximate surface area is 201 Å². The molecule has 0 bridgehead atoms. The lowest BCUT2D eigenvalue weighted by atomic mass is 9.93. The molecule has 0 aliphatic carbocycles. The lowest BCUT2D eigenvalue weighted by molar-refractivity contribution is -0.953. The summed E-state index contributed by atoms with van der Waals surface area (Å²) in [4.78, 5) is 1.58. The van der Waals surface area contributed by atoms with Crippen molar-refractivity contribution in [3.63, 3.8) is 0 Å². The molecular formula is C27H31N2O4S+. The van der Waals surface area contributed by atoms with Gasteiger partial charge in [0, 0.05) is 17.5 Å². The summed E-state index contributed by atoms with van der Waals surface area (Å²) in [7, 11) is -2.10. The van der Waals surface area contributed by atoms with Crippen LogP contribution in [0.2, 0.25) is 0 Å². The number of aryl methyl sites for hydroxylation is 1. The fourth-order valence-electron chi connectivity index (χ4n) is 5.36. The summed E-state index contributed by atoms with van der Waals surface area (Å²) in [5, 5.41) is 0. The van der Waals surface area contributed by atoms with Gasteiger partial charge in [0.2, 0.25) is 10.0 Å². The van der Waals surface area contributed by atoms with E-state index < -0.39 is 10.0 Å². The Balaban J connectivity index is 1.63. The van der Waals surface area contributed by atoms with Gasteiger partial charge in [-0.15, -0.1) is 4.31 Å². The molecule has 2 heterocycles. The van der Waals surface area contributed by atoms with Crippen LogP contribution in [0.3, 0.4) is 0 Å². The van der Waals surface area contributed by atoms with E-state index in [2.05, 4.69) is 24.3 Å². The number of rotatable bonds is 6. The number of quaternary nitrogens is 1. The van der Waals surface area contributed by atoms with E-state index in [-0.39, 0.29) is 12.2 Å². The molecule has 0 radical (unpaired) electrons. The largest absolute Gasteiger partial charge is 0.493 e. The molecule has 0 aromatic heterocycles. The second kappa shape index (κ2) is 9.06. The third-order valence-corrected chi connectivity index (χ3v) is 8.84. The van der Waals surface area contributed by atoms with Crippen LogP contribution in [-0.2, 0) is 16.4 Å². The standard InChI is InChI=1S/C27H30N2O4S/c1-4-33-26-17-21(11-14-25(26)32-3)27-28-16-15-20-7-5-6-8-23(20)24(28)18-29(27)34(30,31)22-12-9-19(2)10-13-22/h5-14,17,24,27H,4,15-16,18H2,1-3H3/p+1/t24-,27-/m0/s1. The van der Waals surface area contributed by atoms with Gasteiger partial charge < -0.3 is 14.4 Å². The Kier molecular flexibility index (Phi) is 6.10. The quantitative estimate of drug-likeness (QED) is 0.590. The zero-order chi connectivity index (χ0) is 23.9. The fourth-order valence-corrected chi connectivity index (χ4v) is 6.99.